The van der Waals surface area contributed by atoms with Gasteiger partial charge in [0, 0.05) is 12.6 Å². The summed E-state index contributed by atoms with van der Waals surface area (Å²) in [5.74, 6) is 0.0468. The second-order valence-corrected chi connectivity index (χ2v) is 6.97. The quantitative estimate of drug-likeness (QED) is 0.556. The highest BCUT2D eigenvalue weighted by Crippen LogP contribution is 2.34. The molecule has 0 spiro atoms. The van der Waals surface area contributed by atoms with Crippen LogP contribution in [0.5, 0.6) is 0 Å². The highest BCUT2D eigenvalue weighted by molar-refractivity contribution is 5.79. The van der Waals surface area contributed by atoms with Gasteiger partial charge in [-0.25, -0.2) is 0 Å². The van der Waals surface area contributed by atoms with Gasteiger partial charge in [0.05, 0.1) is 5.92 Å². The zero-order chi connectivity index (χ0) is 16.8. The molecule has 1 fully saturated rings. The maximum Gasteiger partial charge on any atom is 0.314 e. The van der Waals surface area contributed by atoms with Gasteiger partial charge in [-0.15, -0.1) is 0 Å². The average molecular weight is 327 g/mol. The van der Waals surface area contributed by atoms with Crippen molar-refractivity contribution in [3.05, 3.63) is 48.0 Å². The van der Waals surface area contributed by atoms with E-state index in [0.717, 1.165) is 31.5 Å². The lowest BCUT2D eigenvalue weighted by atomic mass is 9.85. The van der Waals surface area contributed by atoms with Crippen molar-refractivity contribution in [3.8, 4) is 0 Å². The third-order valence-electron chi connectivity index (χ3n) is 5.48. The third kappa shape index (κ3) is 4.07. The Hall–Kier alpha value is -1.61. The number of carbonyl (C=O) groups excluding carboxylic acids is 1. The number of hydrogen-bond donors (Lipinski definition) is 0. The van der Waals surface area contributed by atoms with E-state index in [0.29, 0.717) is 12.6 Å². The summed E-state index contributed by atoms with van der Waals surface area (Å²) in [5.41, 5.74) is 1.08. The molecular weight excluding hydrogens is 298 g/mol. The summed E-state index contributed by atoms with van der Waals surface area (Å²) in [5, 5.41) is 0. The molecule has 2 aliphatic rings. The Bertz CT molecular complexity index is 554. The van der Waals surface area contributed by atoms with Gasteiger partial charge < -0.3 is 4.74 Å². The summed E-state index contributed by atoms with van der Waals surface area (Å²) in [6, 6.07) is 10.8. The summed E-state index contributed by atoms with van der Waals surface area (Å²) in [6.45, 7) is 4.76. The van der Waals surface area contributed by atoms with Crippen LogP contribution in [0.4, 0.5) is 0 Å². The molecule has 1 aliphatic carbocycles. The summed E-state index contributed by atoms with van der Waals surface area (Å²) >= 11 is 0. The fraction of sp³-hybridized carbons (Fsp3) is 0.571. The van der Waals surface area contributed by atoms with Crippen LogP contribution < -0.4 is 0 Å². The van der Waals surface area contributed by atoms with Crippen molar-refractivity contribution in [3.63, 3.8) is 0 Å². The molecule has 1 aliphatic heterocycles. The van der Waals surface area contributed by atoms with Gasteiger partial charge in [-0.3, -0.25) is 9.69 Å². The maximum absolute atomic E-state index is 12.8. The molecule has 0 bridgehead atoms. The molecule has 130 valence electrons. The van der Waals surface area contributed by atoms with Gasteiger partial charge in [0.15, 0.2) is 0 Å². The van der Waals surface area contributed by atoms with Crippen LogP contribution in [-0.4, -0.2) is 36.6 Å². The molecule has 3 heteroatoms. The van der Waals surface area contributed by atoms with Crippen molar-refractivity contribution in [2.24, 2.45) is 5.92 Å². The molecular formula is C21H29NO2. The number of ether oxygens (including phenoxy) is 1. The van der Waals surface area contributed by atoms with Crippen LogP contribution in [0.15, 0.2) is 42.5 Å². The predicted molar refractivity (Wildman–Crippen MR) is 96.9 cm³/mol. The Morgan fingerprint density at radius 1 is 1.29 bits per heavy atom. The second kappa shape index (κ2) is 8.48. The lowest BCUT2D eigenvalue weighted by Gasteiger charge is -2.25. The minimum atomic E-state index is -0.162. The Morgan fingerprint density at radius 2 is 2.12 bits per heavy atom. The number of likely N-dealkylation sites (tertiary alicyclic amines) is 1. The zero-order valence-corrected chi connectivity index (χ0v) is 14.7. The number of allylic oxidation sites excluding steroid dienone is 2. The van der Waals surface area contributed by atoms with E-state index in [2.05, 4.69) is 24.0 Å². The Balaban J connectivity index is 1.58. The molecule has 0 N–H and O–H groups in total. The number of hydrogen-bond acceptors (Lipinski definition) is 3. The van der Waals surface area contributed by atoms with E-state index >= 15 is 0 Å². The van der Waals surface area contributed by atoms with E-state index in [-0.39, 0.29) is 17.8 Å². The van der Waals surface area contributed by atoms with Crippen molar-refractivity contribution in [1.29, 1.82) is 0 Å². The molecule has 24 heavy (non-hydrogen) atoms. The molecule has 0 aromatic heterocycles. The monoisotopic (exact) mass is 327 g/mol. The lowest BCUT2D eigenvalue weighted by Crippen LogP contribution is -2.33. The van der Waals surface area contributed by atoms with Gasteiger partial charge in [-0.05, 0) is 50.1 Å². The molecule has 1 heterocycles. The van der Waals surface area contributed by atoms with Gasteiger partial charge in [0.25, 0.3) is 0 Å². The molecule has 1 aromatic rings. The molecule has 0 unspecified atom stereocenters. The first-order valence-electron chi connectivity index (χ1n) is 9.42. The fourth-order valence-corrected chi connectivity index (χ4v) is 4.16. The SMILES string of the molecule is CC[C@@H]1CCCN1CCOC(=O)[C@@H](c1ccccc1)[C@H]1C=CCC1. The third-order valence-corrected chi connectivity index (χ3v) is 5.48. The Labute approximate surface area is 145 Å². The first kappa shape index (κ1) is 17.2. The zero-order valence-electron chi connectivity index (χ0n) is 14.7. The van der Waals surface area contributed by atoms with Gasteiger partial charge in [0.1, 0.15) is 6.61 Å². The van der Waals surface area contributed by atoms with Crippen LogP contribution in [0, 0.1) is 5.92 Å². The van der Waals surface area contributed by atoms with E-state index in [4.69, 9.17) is 4.74 Å². The number of nitrogens with zero attached hydrogens (tertiary/aromatic N) is 1. The van der Waals surface area contributed by atoms with Crippen molar-refractivity contribution >= 4 is 5.97 Å². The van der Waals surface area contributed by atoms with Crippen LogP contribution in [0.3, 0.4) is 0 Å². The number of carbonyl (C=O) groups is 1. The maximum atomic E-state index is 12.8. The van der Waals surface area contributed by atoms with Crippen LogP contribution >= 0.6 is 0 Å². The van der Waals surface area contributed by atoms with Gasteiger partial charge in [0.2, 0.25) is 0 Å². The molecule has 3 rings (SSSR count). The molecule has 1 aromatic carbocycles. The molecule has 0 amide bonds. The Kier molecular flexibility index (Phi) is 6.08. The molecule has 3 nitrogen and oxygen atoms in total. The van der Waals surface area contributed by atoms with Crippen LogP contribution in [-0.2, 0) is 9.53 Å². The van der Waals surface area contributed by atoms with Crippen molar-refractivity contribution in [2.75, 3.05) is 19.7 Å². The summed E-state index contributed by atoms with van der Waals surface area (Å²) < 4.78 is 5.71. The van der Waals surface area contributed by atoms with E-state index < -0.39 is 0 Å². The van der Waals surface area contributed by atoms with Crippen molar-refractivity contribution in [2.45, 2.75) is 51.0 Å². The Morgan fingerprint density at radius 3 is 2.83 bits per heavy atom. The van der Waals surface area contributed by atoms with E-state index in [9.17, 15) is 4.79 Å². The number of rotatable bonds is 7. The summed E-state index contributed by atoms with van der Waals surface area (Å²) in [6.07, 6.45) is 10.2. The highest BCUT2D eigenvalue weighted by atomic mass is 16.5. The number of benzene rings is 1. The van der Waals surface area contributed by atoms with E-state index in [1.54, 1.807) is 0 Å². The van der Waals surface area contributed by atoms with Crippen LogP contribution in [0.2, 0.25) is 0 Å². The molecule has 1 saturated heterocycles. The summed E-state index contributed by atoms with van der Waals surface area (Å²) in [4.78, 5) is 15.3. The first-order chi connectivity index (χ1) is 11.8. The van der Waals surface area contributed by atoms with Crippen LogP contribution in [0.25, 0.3) is 0 Å². The number of esters is 1. The predicted octanol–water partition coefficient (Wildman–Crippen LogP) is 4.15. The van der Waals surface area contributed by atoms with Gasteiger partial charge >= 0.3 is 5.97 Å². The smallest absolute Gasteiger partial charge is 0.314 e. The molecule has 0 radical (unpaired) electrons. The topological polar surface area (TPSA) is 29.5 Å². The minimum absolute atomic E-state index is 0.0648. The van der Waals surface area contributed by atoms with E-state index in [1.807, 2.05) is 30.3 Å². The standard InChI is InChI=1S/C21H29NO2/c1-2-19-13-8-14-22(19)15-16-24-21(23)20(18-11-6-7-12-18)17-9-4-3-5-10-17/h3-6,9-11,18-20H,2,7-8,12-16H2,1H3/t18-,19+,20-/m0/s1. The highest BCUT2D eigenvalue weighted by Gasteiger charge is 2.31. The average Bonchev–Trinajstić information content (AvgIpc) is 3.28. The molecule has 3 atom stereocenters. The first-order valence-corrected chi connectivity index (χ1v) is 9.42. The molecule has 0 saturated carbocycles. The normalized spacial score (nSPS) is 25.0. The largest absolute Gasteiger partial charge is 0.464 e. The van der Waals surface area contributed by atoms with Gasteiger partial charge in [-0.1, -0.05) is 49.4 Å². The fourth-order valence-electron chi connectivity index (χ4n) is 4.16. The summed E-state index contributed by atoms with van der Waals surface area (Å²) in [7, 11) is 0. The van der Waals surface area contributed by atoms with E-state index in [1.165, 1.54) is 19.3 Å². The second-order valence-electron chi connectivity index (χ2n) is 6.97. The van der Waals surface area contributed by atoms with Crippen molar-refractivity contribution < 1.29 is 9.53 Å². The van der Waals surface area contributed by atoms with Crippen LogP contribution in [0.1, 0.15) is 50.5 Å². The van der Waals surface area contributed by atoms with Crippen molar-refractivity contribution in [1.82, 2.24) is 4.90 Å². The minimum Gasteiger partial charge on any atom is -0.464 e. The lowest BCUT2D eigenvalue weighted by molar-refractivity contribution is -0.147. The van der Waals surface area contributed by atoms with Gasteiger partial charge in [-0.2, -0.15) is 0 Å².